The zero-order valence-corrected chi connectivity index (χ0v) is 20.4. The van der Waals surface area contributed by atoms with E-state index in [4.69, 9.17) is 23.2 Å². The van der Waals surface area contributed by atoms with Crippen molar-refractivity contribution in [2.75, 3.05) is 10.8 Å². The quantitative estimate of drug-likeness (QED) is 0.460. The van der Waals surface area contributed by atoms with Crippen LogP contribution in [0.3, 0.4) is 0 Å². The van der Waals surface area contributed by atoms with Crippen LogP contribution in [0.5, 0.6) is 0 Å². The van der Waals surface area contributed by atoms with Crippen LogP contribution in [-0.2, 0) is 27.7 Å². The standard InChI is InChI=1S/C25H24Cl2N2O3S/c1-17(19-14-13-18-7-5-8-20(18)15-19)28-24(30)16-29(23-12-6-11-22(26)25(23)27)33(31,32)21-9-3-2-4-10-21/h2-4,6,9-15,17H,5,7-8,16H2,1H3,(H,28,30)/t17-/m0/s1. The minimum Gasteiger partial charge on any atom is -0.348 e. The molecule has 0 radical (unpaired) electrons. The number of anilines is 1. The molecule has 0 aliphatic heterocycles. The molecular weight excluding hydrogens is 479 g/mol. The third-order valence-electron chi connectivity index (χ3n) is 5.82. The maximum atomic E-state index is 13.5. The topological polar surface area (TPSA) is 66.5 Å². The molecule has 1 atom stereocenters. The maximum Gasteiger partial charge on any atom is 0.264 e. The first-order valence-corrected chi connectivity index (χ1v) is 12.9. The Morgan fingerprint density at radius 2 is 1.73 bits per heavy atom. The van der Waals surface area contributed by atoms with E-state index in [9.17, 15) is 13.2 Å². The Bertz CT molecular complexity index is 1280. The summed E-state index contributed by atoms with van der Waals surface area (Å²) in [7, 11) is -4.07. The molecule has 1 aliphatic rings. The summed E-state index contributed by atoms with van der Waals surface area (Å²) in [6.45, 7) is 1.45. The van der Waals surface area contributed by atoms with Crippen molar-refractivity contribution in [1.29, 1.82) is 0 Å². The number of hydrogen-bond acceptors (Lipinski definition) is 3. The molecule has 0 aromatic heterocycles. The summed E-state index contributed by atoms with van der Waals surface area (Å²) in [5.74, 6) is -0.446. The second kappa shape index (κ2) is 9.75. The molecule has 33 heavy (non-hydrogen) atoms. The highest BCUT2D eigenvalue weighted by atomic mass is 35.5. The number of nitrogens with zero attached hydrogens (tertiary/aromatic N) is 1. The SMILES string of the molecule is C[C@H](NC(=O)CN(c1cccc(Cl)c1Cl)S(=O)(=O)c1ccccc1)c1ccc2c(c1)CCC2. The molecule has 3 aromatic rings. The number of carbonyl (C=O) groups is 1. The monoisotopic (exact) mass is 502 g/mol. The number of aryl methyl sites for hydroxylation is 2. The summed E-state index contributed by atoms with van der Waals surface area (Å²) in [5, 5.41) is 3.19. The van der Waals surface area contributed by atoms with Crippen LogP contribution in [0, 0.1) is 0 Å². The minimum absolute atomic E-state index is 0.0560. The predicted octanol–water partition coefficient (Wildman–Crippen LogP) is 5.55. The second-order valence-corrected chi connectivity index (χ2v) is 10.7. The summed E-state index contributed by atoms with van der Waals surface area (Å²) in [4.78, 5) is 13.1. The Morgan fingerprint density at radius 3 is 2.48 bits per heavy atom. The number of hydrogen-bond donors (Lipinski definition) is 1. The van der Waals surface area contributed by atoms with Gasteiger partial charge in [0.05, 0.1) is 26.7 Å². The highest BCUT2D eigenvalue weighted by molar-refractivity contribution is 7.92. The number of rotatable bonds is 7. The van der Waals surface area contributed by atoms with Crippen molar-refractivity contribution >= 4 is 44.8 Å². The lowest BCUT2D eigenvalue weighted by atomic mass is 10.0. The summed E-state index contributed by atoms with van der Waals surface area (Å²) in [6.07, 6.45) is 3.27. The molecule has 4 rings (SSSR count). The summed E-state index contributed by atoms with van der Waals surface area (Å²) in [6, 6.07) is 18.6. The van der Waals surface area contributed by atoms with Crippen molar-refractivity contribution in [3.05, 3.63) is 93.5 Å². The molecule has 5 nitrogen and oxygen atoms in total. The first-order valence-electron chi connectivity index (χ1n) is 10.7. The van der Waals surface area contributed by atoms with Gasteiger partial charge in [0.25, 0.3) is 10.0 Å². The maximum absolute atomic E-state index is 13.5. The van der Waals surface area contributed by atoms with E-state index < -0.39 is 22.5 Å². The molecule has 0 heterocycles. The zero-order chi connectivity index (χ0) is 23.6. The summed E-state index contributed by atoms with van der Waals surface area (Å²) in [5.41, 5.74) is 3.80. The Morgan fingerprint density at radius 1 is 1.00 bits per heavy atom. The molecule has 3 aromatic carbocycles. The van der Waals surface area contributed by atoms with Gasteiger partial charge in [0.15, 0.2) is 0 Å². The van der Waals surface area contributed by atoms with Crippen molar-refractivity contribution in [3.8, 4) is 0 Å². The summed E-state index contributed by atoms with van der Waals surface area (Å²) >= 11 is 12.5. The van der Waals surface area contributed by atoms with Gasteiger partial charge in [-0.25, -0.2) is 8.42 Å². The highest BCUT2D eigenvalue weighted by Gasteiger charge is 2.29. The molecule has 1 N–H and O–H groups in total. The Kier molecular flexibility index (Phi) is 6.98. The van der Waals surface area contributed by atoms with Gasteiger partial charge in [-0.2, -0.15) is 0 Å². The fourth-order valence-electron chi connectivity index (χ4n) is 4.07. The van der Waals surface area contributed by atoms with Crippen molar-refractivity contribution in [3.63, 3.8) is 0 Å². The van der Waals surface area contributed by atoms with E-state index in [1.165, 1.54) is 29.3 Å². The molecule has 8 heteroatoms. The van der Waals surface area contributed by atoms with Gasteiger partial charge in [0.1, 0.15) is 6.54 Å². The van der Waals surface area contributed by atoms with E-state index in [1.54, 1.807) is 30.3 Å². The zero-order valence-electron chi connectivity index (χ0n) is 18.1. The lowest BCUT2D eigenvalue weighted by molar-refractivity contribution is -0.120. The number of amides is 1. The average Bonchev–Trinajstić information content (AvgIpc) is 3.28. The van der Waals surface area contributed by atoms with Crippen LogP contribution < -0.4 is 9.62 Å². The van der Waals surface area contributed by atoms with Gasteiger partial charge < -0.3 is 5.32 Å². The summed E-state index contributed by atoms with van der Waals surface area (Å²) < 4.78 is 27.9. The number of nitrogens with one attached hydrogen (secondary N) is 1. The number of sulfonamides is 1. The van der Waals surface area contributed by atoms with Gasteiger partial charge in [-0.15, -0.1) is 0 Å². The second-order valence-electron chi connectivity index (χ2n) is 8.07. The molecule has 0 saturated carbocycles. The lowest BCUT2D eigenvalue weighted by Crippen LogP contribution is -2.41. The van der Waals surface area contributed by atoms with Gasteiger partial charge in [-0.3, -0.25) is 9.10 Å². The molecule has 0 spiro atoms. The molecule has 1 aliphatic carbocycles. The van der Waals surface area contributed by atoms with Crippen LogP contribution in [0.1, 0.15) is 36.1 Å². The van der Waals surface area contributed by atoms with Crippen LogP contribution in [-0.4, -0.2) is 20.9 Å². The Hall–Kier alpha value is -2.54. The minimum atomic E-state index is -4.07. The van der Waals surface area contributed by atoms with Gasteiger partial charge in [0, 0.05) is 0 Å². The molecule has 0 bridgehead atoms. The Labute approximate surface area is 204 Å². The number of benzene rings is 3. The highest BCUT2D eigenvalue weighted by Crippen LogP contribution is 2.35. The largest absolute Gasteiger partial charge is 0.348 e. The van der Waals surface area contributed by atoms with E-state index >= 15 is 0 Å². The molecule has 0 fully saturated rings. The van der Waals surface area contributed by atoms with Gasteiger partial charge >= 0.3 is 0 Å². The van der Waals surface area contributed by atoms with Crippen LogP contribution in [0.4, 0.5) is 5.69 Å². The number of fused-ring (bicyclic) bond motifs is 1. The van der Waals surface area contributed by atoms with E-state index in [2.05, 4.69) is 17.4 Å². The molecule has 172 valence electrons. The van der Waals surface area contributed by atoms with E-state index in [0.29, 0.717) is 0 Å². The van der Waals surface area contributed by atoms with Crippen molar-refractivity contribution in [2.45, 2.75) is 37.1 Å². The van der Waals surface area contributed by atoms with Crippen molar-refractivity contribution in [1.82, 2.24) is 5.32 Å². The van der Waals surface area contributed by atoms with E-state index in [0.717, 1.165) is 29.1 Å². The molecule has 1 amide bonds. The molecule has 0 saturated heterocycles. The van der Waals surface area contributed by atoms with Gasteiger partial charge in [-0.05, 0) is 67.1 Å². The van der Waals surface area contributed by atoms with Crippen LogP contribution in [0.25, 0.3) is 0 Å². The van der Waals surface area contributed by atoms with Gasteiger partial charge in [-0.1, -0.05) is 65.7 Å². The van der Waals surface area contributed by atoms with Gasteiger partial charge in [0.2, 0.25) is 5.91 Å². The fraction of sp³-hybridized carbons (Fsp3) is 0.240. The lowest BCUT2D eigenvalue weighted by Gasteiger charge is -2.26. The van der Waals surface area contributed by atoms with Crippen molar-refractivity contribution in [2.24, 2.45) is 0 Å². The number of halogens is 2. The van der Waals surface area contributed by atoms with Crippen LogP contribution >= 0.6 is 23.2 Å². The normalized spacial score (nSPS) is 13.9. The third-order valence-corrected chi connectivity index (χ3v) is 8.40. The molecular formula is C25H24Cl2N2O3S. The van der Waals surface area contributed by atoms with Crippen LogP contribution in [0.15, 0.2) is 71.6 Å². The van der Waals surface area contributed by atoms with Crippen LogP contribution in [0.2, 0.25) is 10.0 Å². The average molecular weight is 503 g/mol. The third kappa shape index (κ3) is 5.03. The predicted molar refractivity (Wildman–Crippen MR) is 132 cm³/mol. The van der Waals surface area contributed by atoms with E-state index in [-0.39, 0.29) is 26.7 Å². The fourth-order valence-corrected chi connectivity index (χ4v) is 5.97. The molecule has 0 unspecified atom stereocenters. The number of carbonyl (C=O) groups excluding carboxylic acids is 1. The first-order chi connectivity index (χ1) is 15.8. The Balaban J connectivity index is 1.61. The van der Waals surface area contributed by atoms with Crippen molar-refractivity contribution < 1.29 is 13.2 Å². The first kappa shape index (κ1) is 23.6. The van der Waals surface area contributed by atoms with E-state index in [1.807, 2.05) is 13.0 Å². The smallest absolute Gasteiger partial charge is 0.264 e.